The Morgan fingerprint density at radius 3 is 2.64 bits per heavy atom. The molecule has 1 atom stereocenters. The van der Waals surface area contributed by atoms with E-state index < -0.39 is 11.9 Å². The number of nitrogens with zero attached hydrogens (tertiary/aromatic N) is 3. The number of carbonyl (C=O) groups excluding carboxylic acids is 1. The second-order valence-corrected chi connectivity index (χ2v) is 9.87. The molecule has 0 radical (unpaired) electrons. The fourth-order valence-corrected chi connectivity index (χ4v) is 5.05. The Labute approximate surface area is 217 Å². The number of halogens is 2. The van der Waals surface area contributed by atoms with E-state index in [9.17, 15) is 4.79 Å². The Hall–Kier alpha value is -3.62. The normalized spacial score (nSPS) is 14.8. The van der Waals surface area contributed by atoms with Crippen molar-refractivity contribution < 1.29 is 9.18 Å². The number of hydrogen-bond acceptors (Lipinski definition) is 5. The van der Waals surface area contributed by atoms with E-state index >= 15 is 4.39 Å². The molecule has 4 aromatic rings. The largest absolute Gasteiger partial charge is 0.328 e. The van der Waals surface area contributed by atoms with Crippen molar-refractivity contribution in [2.24, 2.45) is 0 Å². The Balaban J connectivity index is 1.49. The van der Waals surface area contributed by atoms with Gasteiger partial charge in [0.1, 0.15) is 11.9 Å². The molecular weight excluding hydrogens is 497 g/mol. The Bertz CT molecular complexity index is 1470. The first-order valence-corrected chi connectivity index (χ1v) is 12.7. The van der Waals surface area contributed by atoms with Crippen molar-refractivity contribution in [3.63, 3.8) is 0 Å². The molecule has 2 N–H and O–H groups in total. The SMILES string of the molecule is CC1=C(C(=O)Nc2ccc(Cl)cc2)C(c2ccccc2F)n2nc(SCc3cccc(C)c3)nc2N1. The molecule has 0 aliphatic carbocycles. The van der Waals surface area contributed by atoms with E-state index in [0.29, 0.717) is 44.4 Å². The highest BCUT2D eigenvalue weighted by Crippen LogP contribution is 2.38. The van der Waals surface area contributed by atoms with Gasteiger partial charge in [0, 0.05) is 27.7 Å². The summed E-state index contributed by atoms with van der Waals surface area (Å²) < 4.78 is 16.6. The quantitative estimate of drug-likeness (QED) is 0.281. The first-order chi connectivity index (χ1) is 17.4. The van der Waals surface area contributed by atoms with Gasteiger partial charge in [-0.3, -0.25) is 4.79 Å². The standard InChI is InChI=1S/C27H23ClFN5OS/c1-16-6-5-7-18(14-16)15-36-27-32-26-30-17(2)23(25(35)31-20-12-10-19(28)11-13-20)24(34(26)33-27)21-8-3-4-9-22(21)29/h3-14,24H,15H2,1-2H3,(H,31,35)(H,30,32,33). The molecule has 3 aromatic carbocycles. The highest BCUT2D eigenvalue weighted by Gasteiger charge is 2.35. The van der Waals surface area contributed by atoms with Crippen LogP contribution >= 0.6 is 23.4 Å². The molecule has 1 aliphatic rings. The number of anilines is 2. The molecule has 0 bridgehead atoms. The summed E-state index contributed by atoms with van der Waals surface area (Å²) in [4.78, 5) is 18.1. The predicted molar refractivity (Wildman–Crippen MR) is 142 cm³/mol. The summed E-state index contributed by atoms with van der Waals surface area (Å²) in [6.07, 6.45) is 0. The highest BCUT2D eigenvalue weighted by atomic mass is 35.5. The van der Waals surface area contributed by atoms with Crippen LogP contribution in [0.15, 0.2) is 89.2 Å². The minimum Gasteiger partial charge on any atom is -0.328 e. The number of aryl methyl sites for hydroxylation is 1. The van der Waals surface area contributed by atoms with Gasteiger partial charge in [-0.1, -0.05) is 71.4 Å². The summed E-state index contributed by atoms with van der Waals surface area (Å²) >= 11 is 7.46. The molecule has 0 saturated heterocycles. The predicted octanol–water partition coefficient (Wildman–Crippen LogP) is 6.60. The molecule has 6 nitrogen and oxygen atoms in total. The van der Waals surface area contributed by atoms with E-state index in [1.54, 1.807) is 54.1 Å². The number of rotatable bonds is 6. The Morgan fingerprint density at radius 1 is 1.11 bits per heavy atom. The zero-order valence-corrected chi connectivity index (χ0v) is 21.2. The summed E-state index contributed by atoms with van der Waals surface area (Å²) in [5.74, 6) is 0.344. The van der Waals surface area contributed by atoms with Crippen LogP contribution in [0.4, 0.5) is 16.0 Å². The Morgan fingerprint density at radius 2 is 1.89 bits per heavy atom. The van der Waals surface area contributed by atoms with E-state index in [1.165, 1.54) is 23.4 Å². The van der Waals surface area contributed by atoms with Crippen LogP contribution in [0.25, 0.3) is 0 Å². The van der Waals surface area contributed by atoms with Gasteiger partial charge >= 0.3 is 0 Å². The molecule has 9 heteroatoms. The van der Waals surface area contributed by atoms with Gasteiger partial charge in [-0.25, -0.2) is 9.07 Å². The molecule has 1 amide bonds. The fourth-order valence-electron chi connectivity index (χ4n) is 4.15. The third-order valence-electron chi connectivity index (χ3n) is 5.83. The number of allylic oxidation sites excluding steroid dienone is 1. The van der Waals surface area contributed by atoms with Crippen molar-refractivity contribution >= 4 is 40.9 Å². The first kappa shape index (κ1) is 24.1. The average Bonchev–Trinajstić information content (AvgIpc) is 3.26. The van der Waals surface area contributed by atoms with Crippen LogP contribution in [0.1, 0.15) is 29.7 Å². The summed E-state index contributed by atoms with van der Waals surface area (Å²) in [5.41, 5.74) is 4.18. The molecule has 2 heterocycles. The minimum absolute atomic E-state index is 0.334. The number of amides is 1. The lowest BCUT2D eigenvalue weighted by atomic mass is 9.94. The van der Waals surface area contributed by atoms with Crippen LogP contribution in [0, 0.1) is 12.7 Å². The van der Waals surface area contributed by atoms with Crippen molar-refractivity contribution in [1.29, 1.82) is 0 Å². The molecular formula is C27H23ClFN5OS. The summed E-state index contributed by atoms with van der Waals surface area (Å²) in [6.45, 7) is 3.83. The molecule has 182 valence electrons. The summed E-state index contributed by atoms with van der Waals surface area (Å²) in [6, 6.07) is 20.7. The number of nitrogens with one attached hydrogen (secondary N) is 2. The molecule has 0 spiro atoms. The lowest BCUT2D eigenvalue weighted by molar-refractivity contribution is -0.113. The zero-order valence-electron chi connectivity index (χ0n) is 19.6. The van der Waals surface area contributed by atoms with Gasteiger partial charge in [0.05, 0.1) is 5.57 Å². The van der Waals surface area contributed by atoms with E-state index in [0.717, 1.165) is 5.56 Å². The molecule has 0 saturated carbocycles. The fraction of sp³-hybridized carbons (Fsp3) is 0.148. The van der Waals surface area contributed by atoms with Crippen LogP contribution in [0.5, 0.6) is 0 Å². The topological polar surface area (TPSA) is 71.8 Å². The second kappa shape index (κ2) is 10.2. The maximum atomic E-state index is 15.1. The number of aromatic nitrogens is 3. The second-order valence-electron chi connectivity index (χ2n) is 8.49. The summed E-state index contributed by atoms with van der Waals surface area (Å²) in [5, 5.41) is 11.9. The highest BCUT2D eigenvalue weighted by molar-refractivity contribution is 7.98. The minimum atomic E-state index is -0.796. The van der Waals surface area contributed by atoms with Crippen molar-refractivity contribution in [2.45, 2.75) is 30.8 Å². The monoisotopic (exact) mass is 519 g/mol. The van der Waals surface area contributed by atoms with Crippen molar-refractivity contribution in [3.8, 4) is 0 Å². The maximum Gasteiger partial charge on any atom is 0.255 e. The van der Waals surface area contributed by atoms with Gasteiger partial charge in [0.25, 0.3) is 5.91 Å². The lowest BCUT2D eigenvalue weighted by Gasteiger charge is -2.28. The van der Waals surface area contributed by atoms with Crippen molar-refractivity contribution in [2.75, 3.05) is 10.6 Å². The van der Waals surface area contributed by atoms with E-state index in [-0.39, 0.29) is 5.91 Å². The van der Waals surface area contributed by atoms with Crippen LogP contribution in [-0.4, -0.2) is 20.7 Å². The van der Waals surface area contributed by atoms with Gasteiger partial charge in [-0.2, -0.15) is 4.98 Å². The van der Waals surface area contributed by atoms with Crippen molar-refractivity contribution in [1.82, 2.24) is 14.8 Å². The molecule has 5 rings (SSSR count). The van der Waals surface area contributed by atoms with Crippen molar-refractivity contribution in [3.05, 3.63) is 112 Å². The third-order valence-corrected chi connectivity index (χ3v) is 6.99. The molecule has 1 aliphatic heterocycles. The zero-order chi connectivity index (χ0) is 25.2. The first-order valence-electron chi connectivity index (χ1n) is 11.3. The number of hydrogen-bond donors (Lipinski definition) is 2. The van der Waals surface area contributed by atoms with Crippen LogP contribution < -0.4 is 10.6 Å². The lowest BCUT2D eigenvalue weighted by Crippen LogP contribution is -2.32. The smallest absolute Gasteiger partial charge is 0.255 e. The third kappa shape index (κ3) is 5.01. The number of benzene rings is 3. The molecule has 0 fully saturated rings. The van der Waals surface area contributed by atoms with E-state index in [1.807, 2.05) is 6.07 Å². The number of carbonyl (C=O) groups is 1. The number of fused-ring (bicyclic) bond motifs is 1. The maximum absolute atomic E-state index is 15.1. The number of thioether (sulfide) groups is 1. The van der Waals surface area contributed by atoms with Gasteiger partial charge in [0.2, 0.25) is 11.1 Å². The van der Waals surface area contributed by atoms with Gasteiger partial charge in [-0.05, 0) is 49.7 Å². The van der Waals surface area contributed by atoms with Gasteiger partial charge < -0.3 is 10.6 Å². The van der Waals surface area contributed by atoms with Crippen LogP contribution in [-0.2, 0) is 10.5 Å². The van der Waals surface area contributed by atoms with E-state index in [4.69, 9.17) is 11.6 Å². The average molecular weight is 520 g/mol. The van der Waals surface area contributed by atoms with Gasteiger partial charge in [0.15, 0.2) is 0 Å². The van der Waals surface area contributed by atoms with Gasteiger partial charge in [-0.15, -0.1) is 5.10 Å². The molecule has 1 unspecified atom stereocenters. The van der Waals surface area contributed by atoms with Crippen LogP contribution in [0.3, 0.4) is 0 Å². The Kier molecular flexibility index (Phi) is 6.80. The van der Waals surface area contributed by atoms with Crippen LogP contribution in [0.2, 0.25) is 5.02 Å². The molecule has 1 aromatic heterocycles. The molecule has 36 heavy (non-hydrogen) atoms. The van der Waals surface area contributed by atoms with E-state index in [2.05, 4.69) is 45.8 Å². The summed E-state index contributed by atoms with van der Waals surface area (Å²) in [7, 11) is 0.